The maximum absolute atomic E-state index is 13.6. The van der Waals surface area contributed by atoms with E-state index in [0.29, 0.717) is 17.9 Å². The molecule has 1 aromatic rings. The van der Waals surface area contributed by atoms with E-state index >= 15 is 0 Å². The average Bonchev–Trinajstić information content (AvgIpc) is 2.87. The van der Waals surface area contributed by atoms with Crippen molar-refractivity contribution in [3.8, 4) is 0 Å². The van der Waals surface area contributed by atoms with Crippen molar-refractivity contribution >= 4 is 11.8 Å². The average molecular weight is 267 g/mol. The number of likely N-dealkylation sites (tertiary alicyclic amines) is 1. The van der Waals surface area contributed by atoms with Gasteiger partial charge in [0.1, 0.15) is 0 Å². The summed E-state index contributed by atoms with van der Waals surface area (Å²) < 4.78 is 13.6. The molecule has 1 aliphatic rings. The molecule has 1 aliphatic heterocycles. The van der Waals surface area contributed by atoms with Crippen LogP contribution in [-0.4, -0.2) is 47.6 Å². The predicted molar refractivity (Wildman–Crippen MR) is 74.8 cm³/mol. The van der Waals surface area contributed by atoms with Gasteiger partial charge in [0.25, 0.3) is 0 Å². The van der Waals surface area contributed by atoms with Gasteiger partial charge in [0.15, 0.2) is 11.6 Å². The number of nitrogens with zero attached hydrogens (tertiary/aromatic N) is 3. The Morgan fingerprint density at radius 2 is 2.32 bits per heavy atom. The normalized spacial score (nSPS) is 19.9. The number of nitrogens with one attached hydrogen (secondary N) is 2. The van der Waals surface area contributed by atoms with Gasteiger partial charge in [-0.3, -0.25) is 0 Å². The lowest BCUT2D eigenvalue weighted by molar-refractivity contribution is 0.266. The van der Waals surface area contributed by atoms with Crippen LogP contribution in [-0.2, 0) is 0 Å². The van der Waals surface area contributed by atoms with Crippen molar-refractivity contribution in [2.45, 2.75) is 26.3 Å². The molecule has 6 heteroatoms. The third-order valence-electron chi connectivity index (χ3n) is 3.57. The van der Waals surface area contributed by atoms with Crippen molar-refractivity contribution in [3.05, 3.63) is 12.0 Å². The number of halogens is 1. The molecule has 19 heavy (non-hydrogen) atoms. The van der Waals surface area contributed by atoms with E-state index < -0.39 is 5.82 Å². The van der Waals surface area contributed by atoms with Gasteiger partial charge in [-0.05, 0) is 32.7 Å². The topological polar surface area (TPSA) is 53.1 Å². The molecule has 0 spiro atoms. The van der Waals surface area contributed by atoms with E-state index in [-0.39, 0.29) is 5.82 Å². The lowest BCUT2D eigenvalue weighted by Crippen LogP contribution is -2.29. The minimum absolute atomic E-state index is 0.280. The number of hydrogen-bond acceptors (Lipinski definition) is 5. The SMILES string of the molecule is CNc1ncc(F)c(NCC2CCN(C(C)C)C2)n1. The number of hydrogen-bond donors (Lipinski definition) is 2. The van der Waals surface area contributed by atoms with Gasteiger partial charge in [0.2, 0.25) is 5.95 Å². The number of anilines is 2. The maximum atomic E-state index is 13.6. The minimum atomic E-state index is -0.405. The van der Waals surface area contributed by atoms with Crippen LogP contribution in [0.2, 0.25) is 0 Å². The summed E-state index contributed by atoms with van der Waals surface area (Å²) in [5, 5.41) is 5.90. The van der Waals surface area contributed by atoms with Crippen molar-refractivity contribution in [1.29, 1.82) is 0 Å². The zero-order chi connectivity index (χ0) is 13.8. The van der Waals surface area contributed by atoms with Crippen LogP contribution in [0.15, 0.2) is 6.20 Å². The standard InChI is InChI=1S/C13H22FN5/c1-9(2)19-5-4-10(8-19)6-16-12-11(14)7-17-13(15-3)18-12/h7,9-10H,4-6,8H2,1-3H3,(H2,15,16,17,18). The minimum Gasteiger partial charge on any atom is -0.367 e. The Balaban J connectivity index is 1.89. The summed E-state index contributed by atoms with van der Waals surface area (Å²) >= 11 is 0. The molecule has 2 rings (SSSR count). The Hall–Kier alpha value is -1.43. The van der Waals surface area contributed by atoms with Gasteiger partial charge in [-0.25, -0.2) is 9.37 Å². The molecule has 5 nitrogen and oxygen atoms in total. The molecule has 1 aromatic heterocycles. The van der Waals surface area contributed by atoms with E-state index in [1.54, 1.807) is 7.05 Å². The first-order chi connectivity index (χ1) is 9.10. The van der Waals surface area contributed by atoms with Crippen LogP contribution in [0.4, 0.5) is 16.2 Å². The second-order valence-electron chi connectivity index (χ2n) is 5.26. The third kappa shape index (κ3) is 3.53. The first-order valence-corrected chi connectivity index (χ1v) is 6.78. The third-order valence-corrected chi connectivity index (χ3v) is 3.57. The van der Waals surface area contributed by atoms with E-state index in [0.717, 1.165) is 26.1 Å². The summed E-state index contributed by atoms with van der Waals surface area (Å²) in [6, 6.07) is 0.580. The van der Waals surface area contributed by atoms with Gasteiger partial charge in [0.05, 0.1) is 6.20 Å². The predicted octanol–water partition coefficient (Wildman–Crippen LogP) is 1.80. The van der Waals surface area contributed by atoms with Crippen LogP contribution in [0.3, 0.4) is 0 Å². The lowest BCUT2D eigenvalue weighted by atomic mass is 10.1. The van der Waals surface area contributed by atoms with Gasteiger partial charge in [-0.2, -0.15) is 4.98 Å². The molecular weight excluding hydrogens is 245 g/mol. The molecule has 0 radical (unpaired) electrons. The van der Waals surface area contributed by atoms with E-state index in [4.69, 9.17) is 0 Å². The van der Waals surface area contributed by atoms with Gasteiger partial charge in [-0.1, -0.05) is 0 Å². The first-order valence-electron chi connectivity index (χ1n) is 6.78. The van der Waals surface area contributed by atoms with Gasteiger partial charge >= 0.3 is 0 Å². The van der Waals surface area contributed by atoms with E-state index in [1.165, 1.54) is 6.20 Å². The second-order valence-corrected chi connectivity index (χ2v) is 5.26. The quantitative estimate of drug-likeness (QED) is 0.852. The summed E-state index contributed by atoms with van der Waals surface area (Å²) in [5.41, 5.74) is 0. The highest BCUT2D eigenvalue weighted by atomic mass is 19.1. The molecule has 1 unspecified atom stereocenters. The highest BCUT2D eigenvalue weighted by Crippen LogP contribution is 2.19. The van der Waals surface area contributed by atoms with E-state index in [1.807, 2.05) is 0 Å². The van der Waals surface area contributed by atoms with Gasteiger partial charge < -0.3 is 15.5 Å². The molecule has 0 bridgehead atoms. The highest BCUT2D eigenvalue weighted by Gasteiger charge is 2.24. The fourth-order valence-electron chi connectivity index (χ4n) is 2.35. The van der Waals surface area contributed by atoms with Crippen molar-refractivity contribution in [1.82, 2.24) is 14.9 Å². The number of aromatic nitrogens is 2. The Kier molecular flexibility index (Phi) is 4.52. The van der Waals surface area contributed by atoms with Crippen LogP contribution < -0.4 is 10.6 Å². The molecule has 0 amide bonds. The molecule has 0 aromatic carbocycles. The molecule has 0 aliphatic carbocycles. The zero-order valence-corrected chi connectivity index (χ0v) is 11.8. The fourth-order valence-corrected chi connectivity index (χ4v) is 2.35. The van der Waals surface area contributed by atoms with Gasteiger partial charge in [-0.15, -0.1) is 0 Å². The Morgan fingerprint density at radius 1 is 1.53 bits per heavy atom. The summed E-state index contributed by atoms with van der Waals surface area (Å²) in [5.74, 6) is 0.856. The molecule has 1 atom stereocenters. The second kappa shape index (κ2) is 6.14. The molecule has 1 fully saturated rings. The molecular formula is C13H22FN5. The van der Waals surface area contributed by atoms with Crippen molar-refractivity contribution in [3.63, 3.8) is 0 Å². The Morgan fingerprint density at radius 3 is 2.95 bits per heavy atom. The molecule has 1 saturated heterocycles. The summed E-state index contributed by atoms with van der Waals surface area (Å²) in [7, 11) is 1.72. The van der Waals surface area contributed by atoms with Crippen molar-refractivity contribution < 1.29 is 4.39 Å². The van der Waals surface area contributed by atoms with Gasteiger partial charge in [0, 0.05) is 26.2 Å². The van der Waals surface area contributed by atoms with Crippen molar-refractivity contribution in [2.75, 3.05) is 37.3 Å². The number of rotatable bonds is 5. The van der Waals surface area contributed by atoms with Crippen LogP contribution in [0.5, 0.6) is 0 Å². The van der Waals surface area contributed by atoms with Crippen molar-refractivity contribution in [2.24, 2.45) is 5.92 Å². The lowest BCUT2D eigenvalue weighted by Gasteiger charge is -2.20. The van der Waals surface area contributed by atoms with Crippen LogP contribution >= 0.6 is 0 Å². The fraction of sp³-hybridized carbons (Fsp3) is 0.692. The van der Waals surface area contributed by atoms with Crippen LogP contribution in [0.25, 0.3) is 0 Å². The summed E-state index contributed by atoms with van der Waals surface area (Å²) in [6.45, 7) is 7.35. The Labute approximate surface area is 113 Å². The molecule has 2 heterocycles. The molecule has 2 N–H and O–H groups in total. The smallest absolute Gasteiger partial charge is 0.224 e. The molecule has 106 valence electrons. The van der Waals surface area contributed by atoms with E-state index in [2.05, 4.69) is 39.3 Å². The van der Waals surface area contributed by atoms with Crippen LogP contribution in [0, 0.1) is 11.7 Å². The largest absolute Gasteiger partial charge is 0.367 e. The zero-order valence-electron chi connectivity index (χ0n) is 11.8. The first kappa shape index (κ1) is 14.0. The van der Waals surface area contributed by atoms with E-state index in [9.17, 15) is 4.39 Å². The highest BCUT2D eigenvalue weighted by molar-refractivity contribution is 5.40. The molecule has 0 saturated carbocycles. The Bertz CT molecular complexity index is 423. The maximum Gasteiger partial charge on any atom is 0.224 e. The van der Waals surface area contributed by atoms with Crippen LogP contribution in [0.1, 0.15) is 20.3 Å². The summed E-state index contributed by atoms with van der Waals surface area (Å²) in [6.07, 6.45) is 2.34. The monoisotopic (exact) mass is 267 g/mol. The summed E-state index contributed by atoms with van der Waals surface area (Å²) in [4.78, 5) is 10.4.